The fourth-order valence-electron chi connectivity index (χ4n) is 2.22. The van der Waals surface area contributed by atoms with E-state index in [1.54, 1.807) is 30.3 Å². The summed E-state index contributed by atoms with van der Waals surface area (Å²) in [6.07, 6.45) is 0. The molecule has 0 radical (unpaired) electrons. The molecule has 0 spiro atoms. The highest BCUT2D eigenvalue weighted by Crippen LogP contribution is 2.31. The number of rotatable bonds is 5. The molecule has 0 saturated heterocycles. The Balaban J connectivity index is 1.84. The zero-order valence-corrected chi connectivity index (χ0v) is 15.0. The third kappa shape index (κ3) is 3.72. The zero-order chi connectivity index (χ0) is 17.8. The van der Waals surface area contributed by atoms with Crippen molar-refractivity contribution in [3.05, 3.63) is 53.1 Å². The van der Waals surface area contributed by atoms with Crippen molar-refractivity contribution in [2.75, 3.05) is 19.5 Å². The molecule has 1 N–H and O–H groups in total. The number of ether oxygens (including phenoxy) is 2. The van der Waals surface area contributed by atoms with Crippen LogP contribution in [0.3, 0.4) is 0 Å². The number of amides is 1. The second kappa shape index (κ2) is 7.50. The Bertz CT molecular complexity index is 874. The maximum atomic E-state index is 12.6. The number of benzene rings is 2. The van der Waals surface area contributed by atoms with Gasteiger partial charge < -0.3 is 9.47 Å². The van der Waals surface area contributed by atoms with E-state index in [4.69, 9.17) is 21.1 Å². The predicted octanol–water partition coefficient (Wildman–Crippen LogP) is 4.13. The highest BCUT2D eigenvalue weighted by molar-refractivity contribution is 7.18. The summed E-state index contributed by atoms with van der Waals surface area (Å²) in [5.74, 6) is 0.451. The average Bonchev–Trinajstić information content (AvgIpc) is 3.09. The number of methoxy groups -OCH3 is 2. The Morgan fingerprint density at radius 1 is 1.04 bits per heavy atom. The summed E-state index contributed by atoms with van der Waals surface area (Å²) in [6, 6.07) is 12.4. The third-order valence-corrected chi connectivity index (χ3v) is 4.53. The molecule has 0 atom stereocenters. The minimum Gasteiger partial charge on any atom is -0.496 e. The van der Waals surface area contributed by atoms with E-state index >= 15 is 0 Å². The van der Waals surface area contributed by atoms with E-state index in [-0.39, 0.29) is 5.91 Å². The molecule has 0 unspecified atom stereocenters. The van der Waals surface area contributed by atoms with E-state index in [9.17, 15) is 4.79 Å². The molecule has 128 valence electrons. The Labute approximate surface area is 153 Å². The first-order valence-corrected chi connectivity index (χ1v) is 8.43. The molecule has 0 saturated carbocycles. The van der Waals surface area contributed by atoms with Crippen molar-refractivity contribution in [3.63, 3.8) is 0 Å². The van der Waals surface area contributed by atoms with Gasteiger partial charge in [-0.1, -0.05) is 41.1 Å². The van der Waals surface area contributed by atoms with E-state index < -0.39 is 0 Å². The van der Waals surface area contributed by atoms with Gasteiger partial charge in [-0.05, 0) is 24.3 Å². The van der Waals surface area contributed by atoms with Gasteiger partial charge in [-0.2, -0.15) is 0 Å². The van der Waals surface area contributed by atoms with Gasteiger partial charge >= 0.3 is 0 Å². The number of halogens is 1. The minimum absolute atomic E-state index is 0.302. The van der Waals surface area contributed by atoms with Crippen LogP contribution in [0.2, 0.25) is 5.02 Å². The van der Waals surface area contributed by atoms with Crippen LogP contribution < -0.4 is 14.8 Å². The van der Waals surface area contributed by atoms with E-state index in [2.05, 4.69) is 15.5 Å². The number of aromatic nitrogens is 2. The molecule has 0 aliphatic carbocycles. The molecule has 0 aliphatic heterocycles. The quantitative estimate of drug-likeness (QED) is 0.725. The normalized spacial score (nSPS) is 10.4. The van der Waals surface area contributed by atoms with Crippen LogP contribution in [-0.4, -0.2) is 30.3 Å². The third-order valence-electron chi connectivity index (χ3n) is 3.39. The van der Waals surface area contributed by atoms with Crippen LogP contribution in [0.25, 0.3) is 10.6 Å². The van der Waals surface area contributed by atoms with E-state index in [1.807, 2.05) is 12.1 Å². The first-order chi connectivity index (χ1) is 12.1. The van der Waals surface area contributed by atoms with Gasteiger partial charge in [-0.25, -0.2) is 0 Å². The monoisotopic (exact) mass is 375 g/mol. The van der Waals surface area contributed by atoms with Gasteiger partial charge in [-0.3, -0.25) is 10.1 Å². The van der Waals surface area contributed by atoms with Crippen LogP contribution in [0.1, 0.15) is 10.4 Å². The van der Waals surface area contributed by atoms with Gasteiger partial charge in [0.05, 0.1) is 14.2 Å². The first kappa shape index (κ1) is 17.2. The number of nitrogens with one attached hydrogen (secondary N) is 1. The van der Waals surface area contributed by atoms with Crippen molar-refractivity contribution in [1.82, 2.24) is 10.2 Å². The van der Waals surface area contributed by atoms with Crippen LogP contribution in [0.5, 0.6) is 11.5 Å². The summed E-state index contributed by atoms with van der Waals surface area (Å²) in [4.78, 5) is 12.6. The van der Waals surface area contributed by atoms with Crippen LogP contribution in [0.15, 0.2) is 42.5 Å². The number of nitrogens with zero attached hydrogens (tertiary/aromatic N) is 2. The van der Waals surface area contributed by atoms with Gasteiger partial charge in [0.15, 0.2) is 0 Å². The van der Waals surface area contributed by atoms with Crippen molar-refractivity contribution in [1.29, 1.82) is 0 Å². The smallest absolute Gasteiger partial charge is 0.265 e. The molecule has 6 nitrogen and oxygen atoms in total. The molecule has 25 heavy (non-hydrogen) atoms. The van der Waals surface area contributed by atoms with Gasteiger partial charge in [0.25, 0.3) is 5.91 Å². The molecule has 1 amide bonds. The van der Waals surface area contributed by atoms with Crippen molar-refractivity contribution in [2.45, 2.75) is 0 Å². The topological polar surface area (TPSA) is 73.3 Å². The van der Waals surface area contributed by atoms with Crippen molar-refractivity contribution < 1.29 is 14.3 Å². The highest BCUT2D eigenvalue weighted by Gasteiger charge is 2.20. The molecule has 0 fully saturated rings. The largest absolute Gasteiger partial charge is 0.496 e. The summed E-state index contributed by atoms with van der Waals surface area (Å²) in [6.45, 7) is 0. The second-order valence-corrected chi connectivity index (χ2v) is 6.32. The van der Waals surface area contributed by atoms with E-state index in [0.29, 0.717) is 32.2 Å². The lowest BCUT2D eigenvalue weighted by molar-refractivity contribution is 0.102. The minimum atomic E-state index is -0.381. The van der Waals surface area contributed by atoms with Crippen LogP contribution in [-0.2, 0) is 0 Å². The molecule has 0 bridgehead atoms. The zero-order valence-electron chi connectivity index (χ0n) is 13.4. The second-order valence-electron chi connectivity index (χ2n) is 4.91. The summed E-state index contributed by atoms with van der Waals surface area (Å²) in [5.41, 5.74) is 1.17. The van der Waals surface area contributed by atoms with E-state index in [0.717, 1.165) is 5.56 Å². The van der Waals surface area contributed by atoms with Gasteiger partial charge in [-0.15, -0.1) is 10.2 Å². The number of anilines is 1. The predicted molar refractivity (Wildman–Crippen MR) is 97.9 cm³/mol. The molecule has 3 aromatic rings. The molecule has 3 rings (SSSR count). The Hall–Kier alpha value is -2.64. The van der Waals surface area contributed by atoms with Gasteiger partial charge in [0.1, 0.15) is 22.1 Å². The number of hydrogen-bond acceptors (Lipinski definition) is 6. The van der Waals surface area contributed by atoms with Crippen molar-refractivity contribution >= 4 is 34.0 Å². The Morgan fingerprint density at radius 2 is 1.68 bits per heavy atom. The SMILES string of the molecule is COc1cccc(OC)c1C(=O)Nc1nnc(-c2ccc(Cl)cc2)s1. The first-order valence-electron chi connectivity index (χ1n) is 7.24. The standard InChI is InChI=1S/C17H14ClN3O3S/c1-23-12-4-3-5-13(24-2)14(12)15(22)19-17-21-20-16(25-17)10-6-8-11(18)9-7-10/h3-9H,1-2H3,(H,19,21,22). The van der Waals surface area contributed by atoms with Crippen LogP contribution in [0.4, 0.5) is 5.13 Å². The summed E-state index contributed by atoms with van der Waals surface area (Å²) in [5, 5.41) is 12.5. The van der Waals surface area contributed by atoms with Crippen molar-refractivity contribution in [2.24, 2.45) is 0 Å². The van der Waals surface area contributed by atoms with Crippen molar-refractivity contribution in [3.8, 4) is 22.1 Å². The molecule has 1 aromatic heterocycles. The summed E-state index contributed by atoms with van der Waals surface area (Å²) in [7, 11) is 2.99. The fourth-order valence-corrected chi connectivity index (χ4v) is 3.09. The maximum absolute atomic E-state index is 12.6. The molecular weight excluding hydrogens is 362 g/mol. The van der Waals surface area contributed by atoms with E-state index in [1.165, 1.54) is 25.6 Å². The Morgan fingerprint density at radius 3 is 2.28 bits per heavy atom. The molecule has 1 heterocycles. The summed E-state index contributed by atoms with van der Waals surface area (Å²) < 4.78 is 10.5. The summed E-state index contributed by atoms with van der Waals surface area (Å²) >= 11 is 7.15. The maximum Gasteiger partial charge on any atom is 0.265 e. The Kier molecular flexibility index (Phi) is 5.16. The van der Waals surface area contributed by atoms with Gasteiger partial charge in [0.2, 0.25) is 5.13 Å². The molecule has 2 aromatic carbocycles. The average molecular weight is 376 g/mol. The van der Waals surface area contributed by atoms with Gasteiger partial charge in [0, 0.05) is 10.6 Å². The molecule has 0 aliphatic rings. The highest BCUT2D eigenvalue weighted by atomic mass is 35.5. The van der Waals surface area contributed by atoms with Crippen LogP contribution in [0, 0.1) is 0 Å². The molecular formula is C17H14ClN3O3S. The molecule has 8 heteroatoms. The number of carbonyl (C=O) groups is 1. The lowest BCUT2D eigenvalue weighted by atomic mass is 10.1. The number of carbonyl (C=O) groups excluding carboxylic acids is 1. The fraction of sp³-hybridized carbons (Fsp3) is 0.118. The number of hydrogen-bond donors (Lipinski definition) is 1. The van der Waals surface area contributed by atoms with Crippen LogP contribution >= 0.6 is 22.9 Å². The lowest BCUT2D eigenvalue weighted by Crippen LogP contribution is -2.14. The lowest BCUT2D eigenvalue weighted by Gasteiger charge is -2.11.